The Balaban J connectivity index is 3.13. The number of aliphatic hydroxyl groups excluding tert-OH is 1. The molecule has 1 N–H and O–H groups in total. The summed E-state index contributed by atoms with van der Waals surface area (Å²) >= 11 is 0. The highest BCUT2D eigenvalue weighted by Gasteiger charge is 2.00. The zero-order chi connectivity index (χ0) is 14.2. The Morgan fingerprint density at radius 2 is 1.26 bits per heavy atom. The Morgan fingerprint density at radius 1 is 0.684 bits per heavy atom. The first-order valence-electron chi connectivity index (χ1n) is 8.64. The minimum absolute atomic E-state index is 0.0582. The molecule has 1 nitrogen and oxygen atoms in total. The van der Waals surface area contributed by atoms with E-state index in [0.717, 1.165) is 19.3 Å². The third kappa shape index (κ3) is 15.6. The summed E-state index contributed by atoms with van der Waals surface area (Å²) < 4.78 is 0. The van der Waals surface area contributed by atoms with Gasteiger partial charge in [-0.15, -0.1) is 0 Å². The average Bonchev–Trinajstić information content (AvgIpc) is 2.40. The monoisotopic (exact) mass is 268 g/mol. The van der Waals surface area contributed by atoms with E-state index in [4.69, 9.17) is 0 Å². The lowest BCUT2D eigenvalue weighted by atomic mass is 10.1. The maximum Gasteiger partial charge on any atom is 0.0540 e. The molecule has 1 heteroatoms. The zero-order valence-corrected chi connectivity index (χ0v) is 13.4. The smallest absolute Gasteiger partial charge is 0.0540 e. The van der Waals surface area contributed by atoms with Gasteiger partial charge in [-0.1, -0.05) is 70.9 Å². The van der Waals surface area contributed by atoms with Crippen LogP contribution in [0.5, 0.6) is 0 Å². The van der Waals surface area contributed by atoms with Crippen molar-refractivity contribution in [3.8, 4) is 0 Å². The largest absolute Gasteiger partial charge is 0.393 e. The van der Waals surface area contributed by atoms with Gasteiger partial charge < -0.3 is 5.11 Å². The van der Waals surface area contributed by atoms with Crippen LogP contribution in [0.4, 0.5) is 0 Å². The van der Waals surface area contributed by atoms with Crippen LogP contribution >= 0.6 is 0 Å². The van der Waals surface area contributed by atoms with Gasteiger partial charge >= 0.3 is 0 Å². The molecule has 0 spiro atoms. The molecule has 0 aromatic carbocycles. The standard InChI is InChI=1S/C18H36O/c1-3-5-6-7-8-9-10-11-12-13-14-15-17-18(19)16-4-2/h11-12,18-19H,3-10,13-17H2,1-2H3/b12-11+. The summed E-state index contributed by atoms with van der Waals surface area (Å²) in [5.74, 6) is 0. The van der Waals surface area contributed by atoms with Gasteiger partial charge in [0.2, 0.25) is 0 Å². The van der Waals surface area contributed by atoms with Crippen LogP contribution in [0, 0.1) is 0 Å². The second-order valence-electron chi connectivity index (χ2n) is 5.75. The van der Waals surface area contributed by atoms with E-state index in [9.17, 15) is 5.11 Å². The topological polar surface area (TPSA) is 20.2 Å². The first kappa shape index (κ1) is 18.7. The van der Waals surface area contributed by atoms with Crippen molar-refractivity contribution in [1.29, 1.82) is 0 Å². The van der Waals surface area contributed by atoms with Gasteiger partial charge in [-0.3, -0.25) is 0 Å². The van der Waals surface area contributed by atoms with Crippen LogP contribution in [0.15, 0.2) is 12.2 Å². The molecular weight excluding hydrogens is 232 g/mol. The third-order valence-corrected chi connectivity index (χ3v) is 3.67. The minimum atomic E-state index is -0.0582. The highest BCUT2D eigenvalue weighted by Crippen LogP contribution is 2.10. The molecule has 0 saturated carbocycles. The summed E-state index contributed by atoms with van der Waals surface area (Å²) in [5, 5.41) is 9.59. The van der Waals surface area contributed by atoms with Crippen molar-refractivity contribution in [3.05, 3.63) is 12.2 Å². The fourth-order valence-electron chi connectivity index (χ4n) is 2.40. The summed E-state index contributed by atoms with van der Waals surface area (Å²) in [4.78, 5) is 0. The van der Waals surface area contributed by atoms with E-state index in [1.165, 1.54) is 64.2 Å². The second-order valence-corrected chi connectivity index (χ2v) is 5.75. The predicted molar refractivity (Wildman–Crippen MR) is 86.5 cm³/mol. The van der Waals surface area contributed by atoms with Crippen molar-refractivity contribution in [2.24, 2.45) is 0 Å². The van der Waals surface area contributed by atoms with Crippen LogP contribution in [0.3, 0.4) is 0 Å². The molecular formula is C18H36O. The average molecular weight is 268 g/mol. The summed E-state index contributed by atoms with van der Waals surface area (Å²) in [6.07, 6.45) is 20.8. The summed E-state index contributed by atoms with van der Waals surface area (Å²) in [5.41, 5.74) is 0. The number of hydrogen-bond donors (Lipinski definition) is 1. The van der Waals surface area contributed by atoms with Gasteiger partial charge in [0.1, 0.15) is 0 Å². The minimum Gasteiger partial charge on any atom is -0.393 e. The van der Waals surface area contributed by atoms with Gasteiger partial charge in [-0.2, -0.15) is 0 Å². The van der Waals surface area contributed by atoms with Crippen molar-refractivity contribution < 1.29 is 5.11 Å². The number of rotatable bonds is 14. The maximum absolute atomic E-state index is 9.59. The van der Waals surface area contributed by atoms with Crippen molar-refractivity contribution in [1.82, 2.24) is 0 Å². The van der Waals surface area contributed by atoms with Crippen LogP contribution in [0.25, 0.3) is 0 Å². The molecule has 0 aliphatic rings. The fourth-order valence-corrected chi connectivity index (χ4v) is 2.40. The van der Waals surface area contributed by atoms with E-state index in [0.29, 0.717) is 0 Å². The highest BCUT2D eigenvalue weighted by molar-refractivity contribution is 4.81. The van der Waals surface area contributed by atoms with Crippen LogP contribution in [0.2, 0.25) is 0 Å². The molecule has 0 heterocycles. The number of allylic oxidation sites excluding steroid dienone is 2. The van der Waals surface area contributed by atoms with Gasteiger partial charge in [0.05, 0.1) is 6.10 Å². The molecule has 114 valence electrons. The van der Waals surface area contributed by atoms with Crippen molar-refractivity contribution >= 4 is 0 Å². The molecule has 0 rings (SSSR count). The normalized spacial score (nSPS) is 13.2. The van der Waals surface area contributed by atoms with E-state index < -0.39 is 0 Å². The van der Waals surface area contributed by atoms with E-state index in [-0.39, 0.29) is 6.10 Å². The first-order valence-corrected chi connectivity index (χ1v) is 8.64. The predicted octanol–water partition coefficient (Wildman–Crippen LogP) is 6.01. The molecule has 0 fully saturated rings. The van der Waals surface area contributed by atoms with Crippen LogP contribution in [0.1, 0.15) is 97.3 Å². The van der Waals surface area contributed by atoms with Crippen LogP contribution < -0.4 is 0 Å². The van der Waals surface area contributed by atoms with Crippen molar-refractivity contribution in [3.63, 3.8) is 0 Å². The molecule has 19 heavy (non-hydrogen) atoms. The molecule has 1 unspecified atom stereocenters. The Morgan fingerprint density at radius 3 is 1.89 bits per heavy atom. The molecule has 0 aromatic heterocycles. The van der Waals surface area contributed by atoms with E-state index >= 15 is 0 Å². The van der Waals surface area contributed by atoms with Gasteiger partial charge in [-0.05, 0) is 38.5 Å². The summed E-state index contributed by atoms with van der Waals surface area (Å²) in [7, 11) is 0. The highest BCUT2D eigenvalue weighted by atomic mass is 16.3. The summed E-state index contributed by atoms with van der Waals surface area (Å²) in [6.45, 7) is 4.40. The Hall–Kier alpha value is -0.300. The SMILES string of the molecule is CCCCCCCC/C=C/CCCCC(O)CCC. The number of aliphatic hydroxyl groups is 1. The summed E-state index contributed by atoms with van der Waals surface area (Å²) in [6, 6.07) is 0. The molecule has 0 amide bonds. The maximum atomic E-state index is 9.59. The second kappa shape index (κ2) is 15.8. The molecule has 0 saturated heterocycles. The number of hydrogen-bond acceptors (Lipinski definition) is 1. The molecule has 0 aliphatic carbocycles. The van der Waals surface area contributed by atoms with E-state index in [1.54, 1.807) is 0 Å². The first-order chi connectivity index (χ1) is 9.31. The van der Waals surface area contributed by atoms with Gasteiger partial charge in [0, 0.05) is 0 Å². The van der Waals surface area contributed by atoms with Crippen molar-refractivity contribution in [2.75, 3.05) is 0 Å². The Kier molecular flexibility index (Phi) is 15.5. The lowest BCUT2D eigenvalue weighted by Crippen LogP contribution is -2.04. The van der Waals surface area contributed by atoms with Gasteiger partial charge in [0.25, 0.3) is 0 Å². The molecule has 1 atom stereocenters. The fraction of sp³-hybridized carbons (Fsp3) is 0.889. The number of unbranched alkanes of at least 4 members (excludes halogenated alkanes) is 8. The van der Waals surface area contributed by atoms with Crippen molar-refractivity contribution in [2.45, 2.75) is 103 Å². The lowest BCUT2D eigenvalue weighted by molar-refractivity contribution is 0.150. The molecule has 0 bridgehead atoms. The Labute approximate surface area is 121 Å². The molecule has 0 aromatic rings. The quantitative estimate of drug-likeness (QED) is 0.302. The van der Waals surface area contributed by atoms with Gasteiger partial charge in [-0.25, -0.2) is 0 Å². The van der Waals surface area contributed by atoms with Crippen LogP contribution in [-0.4, -0.2) is 11.2 Å². The van der Waals surface area contributed by atoms with E-state index in [1.807, 2.05) is 0 Å². The zero-order valence-electron chi connectivity index (χ0n) is 13.4. The van der Waals surface area contributed by atoms with E-state index in [2.05, 4.69) is 26.0 Å². The van der Waals surface area contributed by atoms with Gasteiger partial charge in [0.15, 0.2) is 0 Å². The molecule has 0 radical (unpaired) electrons. The Bertz CT molecular complexity index is 186. The lowest BCUT2D eigenvalue weighted by Gasteiger charge is -2.07. The third-order valence-electron chi connectivity index (χ3n) is 3.67. The molecule has 0 aliphatic heterocycles. The van der Waals surface area contributed by atoms with Crippen LogP contribution in [-0.2, 0) is 0 Å².